The van der Waals surface area contributed by atoms with E-state index in [0.29, 0.717) is 18.5 Å². The first-order valence-corrected chi connectivity index (χ1v) is 12.0. The molecule has 4 N–H and O–H groups in total. The van der Waals surface area contributed by atoms with Crippen molar-refractivity contribution in [2.45, 2.75) is 44.0 Å². The molecule has 1 saturated heterocycles. The Hall–Kier alpha value is -3.59. The van der Waals surface area contributed by atoms with Crippen molar-refractivity contribution in [1.82, 2.24) is 19.8 Å². The number of hydrogen-bond donors (Lipinski definition) is 4. The number of para-hydroxylation sites is 1. The largest absolute Gasteiger partial charge is 0.508 e. The van der Waals surface area contributed by atoms with Gasteiger partial charge in [-0.25, -0.2) is 0 Å². The van der Waals surface area contributed by atoms with Gasteiger partial charge in [-0.1, -0.05) is 18.2 Å². The summed E-state index contributed by atoms with van der Waals surface area (Å²) in [5.41, 5.74) is 4.28. The fourth-order valence-corrected chi connectivity index (χ4v) is 7.01. The van der Waals surface area contributed by atoms with Crippen molar-refractivity contribution in [3.63, 3.8) is 0 Å². The number of phenols is 1. The fraction of sp³-hybridized carbons (Fsp3) is 0.296. The number of aromatic nitrogens is 2. The third-order valence-electron chi connectivity index (χ3n) is 8.45. The molecule has 1 fully saturated rings. The molecule has 0 radical (unpaired) electrons. The molecule has 4 atom stereocenters. The first-order valence-electron chi connectivity index (χ1n) is 12.0. The zero-order chi connectivity index (χ0) is 23.8. The molecule has 35 heavy (non-hydrogen) atoms. The number of amides is 1. The van der Waals surface area contributed by atoms with Crippen LogP contribution in [-0.4, -0.2) is 44.4 Å². The summed E-state index contributed by atoms with van der Waals surface area (Å²) in [6, 6.07) is 13.2. The number of fused-ring (bicyclic) bond motifs is 13. The molecule has 1 amide bonds. The maximum atomic E-state index is 13.3. The highest BCUT2D eigenvalue weighted by Gasteiger charge is 2.52. The van der Waals surface area contributed by atoms with E-state index in [1.54, 1.807) is 12.1 Å². The van der Waals surface area contributed by atoms with Crippen LogP contribution in [0.1, 0.15) is 35.5 Å². The van der Waals surface area contributed by atoms with Gasteiger partial charge in [0, 0.05) is 40.6 Å². The van der Waals surface area contributed by atoms with Gasteiger partial charge in [0.15, 0.2) is 5.72 Å². The molecule has 3 aliphatic heterocycles. The van der Waals surface area contributed by atoms with Gasteiger partial charge in [-0.2, -0.15) is 0 Å². The monoisotopic (exact) mass is 468 g/mol. The summed E-state index contributed by atoms with van der Waals surface area (Å²) in [6.45, 7) is 2.39. The van der Waals surface area contributed by atoms with Crippen molar-refractivity contribution in [3.05, 3.63) is 53.6 Å². The SMILES string of the molecule is CN[C@H]1C[C@@H]2O[C@](C)([C@H]1O)n1c3ccccc3c3c4c(c5c6cc(O)ccc6n2c5c31)C(=O)NC4. The maximum absolute atomic E-state index is 13.3. The van der Waals surface area contributed by atoms with Crippen molar-refractivity contribution in [3.8, 4) is 5.75 Å². The van der Waals surface area contributed by atoms with Gasteiger partial charge in [0.05, 0.1) is 27.6 Å². The number of aliphatic hydroxyl groups is 1. The molecule has 8 rings (SSSR count). The van der Waals surface area contributed by atoms with Crippen LogP contribution in [0.25, 0.3) is 43.6 Å². The molecule has 2 aromatic heterocycles. The molecule has 3 aliphatic rings. The fourth-order valence-electron chi connectivity index (χ4n) is 7.01. The summed E-state index contributed by atoms with van der Waals surface area (Å²) in [5, 5.41) is 32.1. The Bertz CT molecular complexity index is 1780. The van der Waals surface area contributed by atoms with Crippen LogP contribution in [0.3, 0.4) is 0 Å². The predicted molar refractivity (Wildman–Crippen MR) is 133 cm³/mol. The number of rotatable bonds is 1. The lowest BCUT2D eigenvalue weighted by molar-refractivity contribution is -0.249. The molecule has 0 aliphatic carbocycles. The number of hydrogen-bond acceptors (Lipinski definition) is 5. The quantitative estimate of drug-likeness (QED) is 0.302. The number of carbonyl (C=O) groups excluding carboxylic acids is 1. The van der Waals surface area contributed by atoms with Crippen molar-refractivity contribution in [2.24, 2.45) is 0 Å². The van der Waals surface area contributed by atoms with Crippen LogP contribution in [0.15, 0.2) is 42.5 Å². The number of aliphatic hydroxyl groups excluding tert-OH is 1. The molecule has 2 bridgehead atoms. The van der Waals surface area contributed by atoms with E-state index in [0.717, 1.165) is 49.2 Å². The first kappa shape index (κ1) is 19.7. The summed E-state index contributed by atoms with van der Waals surface area (Å²) in [5.74, 6) is 0.0490. The van der Waals surface area contributed by atoms with Crippen LogP contribution < -0.4 is 10.6 Å². The minimum Gasteiger partial charge on any atom is -0.508 e. The van der Waals surface area contributed by atoms with Crippen molar-refractivity contribution in [1.29, 1.82) is 0 Å². The van der Waals surface area contributed by atoms with Gasteiger partial charge in [-0.05, 0) is 43.8 Å². The van der Waals surface area contributed by atoms with E-state index >= 15 is 0 Å². The Morgan fingerprint density at radius 3 is 2.77 bits per heavy atom. The molecule has 5 aromatic rings. The molecular formula is C27H24N4O4. The average Bonchev–Trinajstić information content (AvgIpc) is 3.48. The van der Waals surface area contributed by atoms with Gasteiger partial charge in [0.25, 0.3) is 5.91 Å². The maximum Gasteiger partial charge on any atom is 0.252 e. The van der Waals surface area contributed by atoms with E-state index in [4.69, 9.17) is 4.74 Å². The van der Waals surface area contributed by atoms with Gasteiger partial charge in [-0.3, -0.25) is 4.79 Å². The third kappa shape index (κ3) is 2.09. The van der Waals surface area contributed by atoms with Gasteiger partial charge in [0.2, 0.25) is 0 Å². The van der Waals surface area contributed by atoms with Crippen LogP contribution in [0.5, 0.6) is 5.75 Å². The Kier molecular flexibility index (Phi) is 3.46. The molecule has 8 heteroatoms. The highest BCUT2D eigenvalue weighted by atomic mass is 16.6. The number of phenolic OH excluding ortho intramolecular Hbond substituents is 1. The summed E-state index contributed by atoms with van der Waals surface area (Å²) in [7, 11) is 1.87. The van der Waals surface area contributed by atoms with Gasteiger partial charge in [0.1, 0.15) is 18.1 Å². The average molecular weight is 469 g/mol. The van der Waals surface area contributed by atoms with Crippen LogP contribution >= 0.6 is 0 Å². The van der Waals surface area contributed by atoms with Crippen molar-refractivity contribution >= 4 is 49.5 Å². The third-order valence-corrected chi connectivity index (χ3v) is 8.45. The summed E-state index contributed by atoms with van der Waals surface area (Å²) >= 11 is 0. The lowest BCUT2D eigenvalue weighted by atomic mass is 9.93. The number of likely N-dealkylation sites (N-methyl/N-ethyl adjacent to an activating group) is 1. The summed E-state index contributed by atoms with van der Waals surface area (Å²) < 4.78 is 11.2. The zero-order valence-electron chi connectivity index (χ0n) is 19.3. The summed E-state index contributed by atoms with van der Waals surface area (Å²) in [4.78, 5) is 13.3. The highest BCUT2D eigenvalue weighted by Crippen LogP contribution is 2.53. The molecule has 8 nitrogen and oxygen atoms in total. The van der Waals surface area contributed by atoms with E-state index in [1.807, 2.05) is 32.2 Å². The number of carbonyl (C=O) groups is 1. The second-order valence-electron chi connectivity index (χ2n) is 10.1. The molecule has 176 valence electrons. The number of nitrogens with one attached hydrogen (secondary N) is 2. The normalized spacial score (nSPS) is 27.3. The Labute approximate surface area is 199 Å². The van der Waals surface area contributed by atoms with E-state index in [2.05, 4.69) is 31.9 Å². The highest BCUT2D eigenvalue weighted by molar-refractivity contribution is 6.31. The smallest absolute Gasteiger partial charge is 0.252 e. The lowest BCUT2D eigenvalue weighted by Gasteiger charge is -2.46. The minimum absolute atomic E-state index is 0.103. The number of benzene rings is 3. The van der Waals surface area contributed by atoms with Gasteiger partial charge >= 0.3 is 0 Å². The van der Waals surface area contributed by atoms with Crippen molar-refractivity contribution < 1.29 is 19.7 Å². The second kappa shape index (κ2) is 6.15. The van der Waals surface area contributed by atoms with Crippen LogP contribution in [0.2, 0.25) is 0 Å². The Morgan fingerprint density at radius 1 is 1.11 bits per heavy atom. The van der Waals surface area contributed by atoms with Gasteiger partial charge in [-0.15, -0.1) is 0 Å². The van der Waals surface area contributed by atoms with Crippen LogP contribution in [0.4, 0.5) is 0 Å². The lowest BCUT2D eigenvalue weighted by Crippen LogP contribution is -2.58. The molecule has 3 aromatic carbocycles. The molecule has 0 spiro atoms. The van der Waals surface area contributed by atoms with E-state index in [9.17, 15) is 15.0 Å². The zero-order valence-corrected chi connectivity index (χ0v) is 19.3. The standard InChI is InChI=1S/C27H24N4O4/c1-27-25(33)16(28-2)10-19(35-27)30-17-8-7-12(32)9-14(17)21-22-15(11-29-26(22)34)20-13-5-3-4-6-18(13)31(27)24(20)23(21)30/h3-9,16,19,25,28,32-33H,10-11H2,1-2H3,(H,29,34)/t16-,19-,25-,27+/m0/s1. The van der Waals surface area contributed by atoms with E-state index in [1.165, 1.54) is 0 Å². The molecule has 0 saturated carbocycles. The Morgan fingerprint density at radius 2 is 1.94 bits per heavy atom. The van der Waals surface area contributed by atoms with Crippen LogP contribution in [0, 0.1) is 0 Å². The number of ether oxygens (including phenoxy) is 1. The minimum atomic E-state index is -1.04. The van der Waals surface area contributed by atoms with E-state index < -0.39 is 11.8 Å². The summed E-state index contributed by atoms with van der Waals surface area (Å²) in [6.07, 6.45) is -0.624. The van der Waals surface area contributed by atoms with Gasteiger partial charge < -0.3 is 34.7 Å². The van der Waals surface area contributed by atoms with Crippen LogP contribution in [-0.2, 0) is 17.0 Å². The van der Waals surface area contributed by atoms with Crippen molar-refractivity contribution in [2.75, 3.05) is 7.05 Å². The molecular weight excluding hydrogens is 444 g/mol. The van der Waals surface area contributed by atoms with E-state index in [-0.39, 0.29) is 23.9 Å². The number of aromatic hydroxyl groups is 1. The Balaban J connectivity index is 1.74. The topological polar surface area (TPSA) is 101 Å². The predicted octanol–water partition coefficient (Wildman–Crippen LogP) is 3.41. The first-order chi connectivity index (χ1) is 16.9. The molecule has 5 heterocycles. The number of nitrogens with zero attached hydrogens (tertiary/aromatic N) is 2. The second-order valence-corrected chi connectivity index (χ2v) is 10.1. The molecule has 0 unspecified atom stereocenters.